The number of ether oxygens (including phenoxy) is 2. The molecule has 2 heterocycles. The van der Waals surface area contributed by atoms with Crippen LogP contribution >= 0.6 is 11.3 Å². The minimum atomic E-state index is -0.299. The van der Waals surface area contributed by atoms with Crippen molar-refractivity contribution >= 4 is 22.9 Å². The summed E-state index contributed by atoms with van der Waals surface area (Å²) in [5.74, 6) is 1.41. The molecule has 1 aliphatic heterocycles. The summed E-state index contributed by atoms with van der Waals surface area (Å²) in [5.41, 5.74) is 2.13. The van der Waals surface area contributed by atoms with Crippen molar-refractivity contribution in [2.75, 3.05) is 26.6 Å². The Hall–Kier alpha value is -2.28. The number of fused-ring (bicyclic) bond motifs is 1. The molecule has 6 nitrogen and oxygen atoms in total. The number of carbonyl (C=O) groups excluding carboxylic acids is 1. The fourth-order valence-electron chi connectivity index (χ4n) is 2.69. The first-order valence-corrected chi connectivity index (χ1v) is 8.59. The lowest BCUT2D eigenvalue weighted by atomic mass is 10.1. The lowest BCUT2D eigenvalue weighted by Crippen LogP contribution is -2.40. The summed E-state index contributed by atoms with van der Waals surface area (Å²) in [7, 11) is 4.90. The molecule has 24 heavy (non-hydrogen) atoms. The van der Waals surface area contributed by atoms with Crippen molar-refractivity contribution in [2.24, 2.45) is 0 Å². The van der Waals surface area contributed by atoms with Crippen LogP contribution in [0.2, 0.25) is 0 Å². The average Bonchev–Trinajstić information content (AvgIpc) is 3.07. The van der Waals surface area contributed by atoms with Gasteiger partial charge < -0.3 is 19.7 Å². The Bertz CT molecular complexity index is 772. The van der Waals surface area contributed by atoms with Crippen LogP contribution in [0.25, 0.3) is 0 Å². The van der Waals surface area contributed by atoms with Crippen LogP contribution in [0.5, 0.6) is 11.5 Å². The minimum absolute atomic E-state index is 0.0752. The molecule has 0 spiro atoms. The molecule has 1 aliphatic rings. The third-order valence-electron chi connectivity index (χ3n) is 4.07. The molecule has 0 fully saturated rings. The van der Waals surface area contributed by atoms with E-state index in [2.05, 4.69) is 24.1 Å². The molecule has 1 aromatic heterocycles. The van der Waals surface area contributed by atoms with Crippen LogP contribution in [0.4, 0.5) is 5.69 Å². The number of nitrogens with one attached hydrogen (secondary N) is 1. The highest BCUT2D eigenvalue weighted by atomic mass is 32.1. The topological polar surface area (TPSA) is 63.7 Å². The first-order chi connectivity index (χ1) is 11.5. The molecule has 0 saturated heterocycles. The van der Waals surface area contributed by atoms with Gasteiger partial charge in [-0.15, -0.1) is 11.3 Å². The largest absolute Gasteiger partial charge is 0.493 e. The number of anilines is 1. The summed E-state index contributed by atoms with van der Waals surface area (Å²) in [5, 5.41) is 6.45. The van der Waals surface area contributed by atoms with Gasteiger partial charge in [-0.25, -0.2) is 4.98 Å². The smallest absolute Gasteiger partial charge is 0.257 e. The number of methoxy groups -OCH3 is 2. The lowest BCUT2D eigenvalue weighted by molar-refractivity contribution is 0.0732. The van der Waals surface area contributed by atoms with Gasteiger partial charge in [-0.05, 0) is 6.07 Å². The first kappa shape index (κ1) is 16.6. The molecule has 128 valence electrons. The molecule has 0 aliphatic carbocycles. The van der Waals surface area contributed by atoms with Crippen molar-refractivity contribution in [1.82, 2.24) is 9.88 Å². The predicted octanol–water partition coefficient (Wildman–Crippen LogP) is 3.48. The number of aromatic nitrogens is 1. The van der Waals surface area contributed by atoms with Crippen LogP contribution in [0, 0.1) is 0 Å². The lowest BCUT2D eigenvalue weighted by Gasteiger charge is -2.34. The highest BCUT2D eigenvalue weighted by molar-refractivity contribution is 7.09. The van der Waals surface area contributed by atoms with E-state index in [1.807, 2.05) is 5.38 Å². The number of rotatable bonds is 4. The van der Waals surface area contributed by atoms with E-state index in [1.54, 1.807) is 49.6 Å². The third-order valence-corrected chi connectivity index (χ3v) is 5.23. The van der Waals surface area contributed by atoms with Gasteiger partial charge in [0.25, 0.3) is 5.91 Å². The van der Waals surface area contributed by atoms with Crippen molar-refractivity contribution in [3.05, 3.63) is 33.8 Å². The molecule has 1 N–H and O–H groups in total. The fraction of sp³-hybridized carbons (Fsp3) is 0.412. The van der Waals surface area contributed by atoms with Crippen molar-refractivity contribution in [1.29, 1.82) is 0 Å². The van der Waals surface area contributed by atoms with Crippen molar-refractivity contribution < 1.29 is 14.3 Å². The van der Waals surface area contributed by atoms with Crippen LogP contribution in [0.15, 0.2) is 17.5 Å². The summed E-state index contributed by atoms with van der Waals surface area (Å²) in [6.07, 6.45) is -0.299. The number of thiazole rings is 1. The van der Waals surface area contributed by atoms with E-state index in [4.69, 9.17) is 9.47 Å². The van der Waals surface area contributed by atoms with Gasteiger partial charge >= 0.3 is 0 Å². The molecule has 7 heteroatoms. The maximum atomic E-state index is 12.8. The molecule has 3 rings (SSSR count). The number of hydrogen-bond acceptors (Lipinski definition) is 6. The molecule has 2 aromatic rings. The molecule has 0 saturated carbocycles. The van der Waals surface area contributed by atoms with Crippen molar-refractivity contribution in [3.8, 4) is 11.5 Å². The van der Waals surface area contributed by atoms with Crippen LogP contribution < -0.4 is 14.8 Å². The van der Waals surface area contributed by atoms with Crippen LogP contribution in [0.1, 0.15) is 47.0 Å². The summed E-state index contributed by atoms with van der Waals surface area (Å²) >= 11 is 1.62. The molecule has 1 amide bonds. The second-order valence-corrected chi connectivity index (χ2v) is 6.87. The normalized spacial score (nSPS) is 16.8. The van der Waals surface area contributed by atoms with Crippen molar-refractivity contribution in [3.63, 3.8) is 0 Å². The zero-order valence-corrected chi connectivity index (χ0v) is 15.2. The molecule has 0 radical (unpaired) electrons. The van der Waals surface area contributed by atoms with Gasteiger partial charge in [0.15, 0.2) is 11.5 Å². The second-order valence-electron chi connectivity index (χ2n) is 5.98. The Labute approximate surface area is 145 Å². The summed E-state index contributed by atoms with van der Waals surface area (Å²) in [4.78, 5) is 19.1. The molecule has 0 bridgehead atoms. The highest BCUT2D eigenvalue weighted by Crippen LogP contribution is 2.39. The minimum Gasteiger partial charge on any atom is -0.493 e. The first-order valence-electron chi connectivity index (χ1n) is 7.71. The van der Waals surface area contributed by atoms with E-state index in [-0.39, 0.29) is 12.1 Å². The summed E-state index contributed by atoms with van der Waals surface area (Å²) < 4.78 is 10.6. The Morgan fingerprint density at radius 3 is 2.50 bits per heavy atom. The maximum Gasteiger partial charge on any atom is 0.257 e. The van der Waals surface area contributed by atoms with E-state index >= 15 is 0 Å². The summed E-state index contributed by atoms with van der Waals surface area (Å²) in [6, 6.07) is 3.50. The number of hydrogen-bond donors (Lipinski definition) is 1. The predicted molar refractivity (Wildman–Crippen MR) is 94.2 cm³/mol. The van der Waals surface area contributed by atoms with E-state index in [0.717, 1.165) is 16.4 Å². The number of amides is 1. The molecule has 1 aromatic carbocycles. The monoisotopic (exact) mass is 347 g/mol. The van der Waals surface area contributed by atoms with Gasteiger partial charge in [0.1, 0.15) is 6.17 Å². The molecular formula is C17H21N3O3S. The quantitative estimate of drug-likeness (QED) is 0.917. The van der Waals surface area contributed by atoms with Gasteiger partial charge in [0.2, 0.25) is 0 Å². The number of nitrogens with zero attached hydrogens (tertiary/aromatic N) is 2. The Morgan fingerprint density at radius 2 is 1.92 bits per heavy atom. The Morgan fingerprint density at radius 1 is 1.25 bits per heavy atom. The Kier molecular flexibility index (Phi) is 4.36. The summed E-state index contributed by atoms with van der Waals surface area (Å²) in [6.45, 7) is 4.22. The molecule has 0 unspecified atom stereocenters. The number of carbonyl (C=O) groups is 1. The van der Waals surface area contributed by atoms with Gasteiger partial charge in [-0.1, -0.05) is 13.8 Å². The van der Waals surface area contributed by atoms with Crippen LogP contribution in [-0.4, -0.2) is 37.1 Å². The van der Waals surface area contributed by atoms with Crippen LogP contribution in [0.3, 0.4) is 0 Å². The standard InChI is InChI=1S/C17H21N3O3S/c1-9(2)16-19-12(8-24-16)15-18-11-7-14(23-5)13(22-4)6-10(11)17(21)20(15)3/h6-9,15,18H,1-5H3/t15-/m1/s1. The van der Waals surface area contributed by atoms with E-state index in [1.165, 1.54) is 0 Å². The van der Waals surface area contributed by atoms with Crippen LogP contribution in [-0.2, 0) is 0 Å². The number of benzene rings is 1. The van der Waals surface area contributed by atoms with E-state index < -0.39 is 0 Å². The van der Waals surface area contributed by atoms with Gasteiger partial charge in [0, 0.05) is 24.4 Å². The average molecular weight is 347 g/mol. The SMILES string of the molecule is COc1cc2c(cc1OC)C(=O)N(C)[C@H](c1csc(C(C)C)n1)N2. The van der Waals surface area contributed by atoms with Crippen molar-refractivity contribution in [2.45, 2.75) is 25.9 Å². The van der Waals surface area contributed by atoms with E-state index in [0.29, 0.717) is 23.0 Å². The second kappa shape index (κ2) is 6.32. The highest BCUT2D eigenvalue weighted by Gasteiger charge is 2.33. The third kappa shape index (κ3) is 2.69. The Balaban J connectivity index is 2.01. The maximum absolute atomic E-state index is 12.8. The molecular weight excluding hydrogens is 326 g/mol. The van der Waals surface area contributed by atoms with E-state index in [9.17, 15) is 4.79 Å². The van der Waals surface area contributed by atoms with Gasteiger partial charge in [-0.2, -0.15) is 0 Å². The zero-order valence-electron chi connectivity index (χ0n) is 14.4. The van der Waals surface area contributed by atoms with Gasteiger partial charge in [-0.3, -0.25) is 4.79 Å². The zero-order chi connectivity index (χ0) is 17.4. The fourth-order valence-corrected chi connectivity index (χ4v) is 3.54. The van der Waals surface area contributed by atoms with Gasteiger partial charge in [0.05, 0.1) is 36.2 Å². The molecule has 1 atom stereocenters.